The molecule has 7 nitrogen and oxygen atoms in total. The van der Waals surface area contributed by atoms with Gasteiger partial charge in [0.1, 0.15) is 30.7 Å². The molecule has 1 amide bonds. The number of hydrogen-bond acceptors (Lipinski definition) is 5. The minimum atomic E-state index is -0.718. The molecule has 0 spiro atoms. The smallest absolute Gasteiger partial charge is 0.295 e. The number of morpholine rings is 1. The summed E-state index contributed by atoms with van der Waals surface area (Å²) in [6.45, 7) is 4.73. The predicted octanol–water partition coefficient (Wildman–Crippen LogP) is 1.01. The highest BCUT2D eigenvalue weighted by molar-refractivity contribution is 6.46. The first-order valence-corrected chi connectivity index (χ1v) is 9.95. The predicted molar refractivity (Wildman–Crippen MR) is 105 cm³/mol. The monoisotopic (exact) mass is 397 g/mol. The molecule has 2 aromatic rings. The zero-order valence-electron chi connectivity index (χ0n) is 16.2. The zero-order chi connectivity index (χ0) is 20.2. The number of rotatable bonds is 6. The van der Waals surface area contributed by atoms with E-state index in [-0.39, 0.29) is 11.3 Å². The number of amides is 1. The van der Waals surface area contributed by atoms with Crippen LogP contribution in [0.3, 0.4) is 0 Å². The standard InChI is InChI=1S/C22H24N2O5/c25-20(16-6-2-1-3-7-16)18-19(17-8-4-13-29-17)24(22(27)21(18)26)10-5-9-23-11-14-28-15-12-23/h1-4,6-8,13,19,25H,5,9-12,14-15H2/p+1/b20-18+/t19-/m0/s1. The van der Waals surface area contributed by atoms with E-state index in [9.17, 15) is 14.7 Å². The van der Waals surface area contributed by atoms with Gasteiger partial charge in [-0.25, -0.2) is 0 Å². The highest BCUT2D eigenvalue weighted by atomic mass is 16.5. The fourth-order valence-corrected chi connectivity index (χ4v) is 4.01. The maximum absolute atomic E-state index is 12.8. The molecule has 7 heteroatoms. The van der Waals surface area contributed by atoms with Gasteiger partial charge < -0.3 is 24.1 Å². The summed E-state index contributed by atoms with van der Waals surface area (Å²) in [5, 5.41) is 10.8. The largest absolute Gasteiger partial charge is 0.507 e. The van der Waals surface area contributed by atoms with Crippen LogP contribution in [0.25, 0.3) is 5.76 Å². The van der Waals surface area contributed by atoms with Gasteiger partial charge >= 0.3 is 0 Å². The summed E-state index contributed by atoms with van der Waals surface area (Å²) in [6.07, 6.45) is 2.26. The topological polar surface area (TPSA) is 84.4 Å². The van der Waals surface area contributed by atoms with Crippen molar-refractivity contribution in [3.63, 3.8) is 0 Å². The van der Waals surface area contributed by atoms with Crippen molar-refractivity contribution < 1.29 is 28.7 Å². The summed E-state index contributed by atoms with van der Waals surface area (Å²) in [7, 11) is 0. The number of quaternary nitrogens is 1. The molecular formula is C22H25N2O5+. The van der Waals surface area contributed by atoms with E-state index in [1.165, 1.54) is 16.1 Å². The van der Waals surface area contributed by atoms with Crippen molar-refractivity contribution in [1.82, 2.24) is 4.90 Å². The lowest BCUT2D eigenvalue weighted by atomic mass is 9.99. The van der Waals surface area contributed by atoms with Gasteiger partial charge in [-0.3, -0.25) is 9.59 Å². The number of aliphatic hydroxyl groups excluding tert-OH is 1. The van der Waals surface area contributed by atoms with E-state index in [0.717, 1.165) is 39.3 Å². The molecule has 1 atom stereocenters. The van der Waals surface area contributed by atoms with E-state index in [0.29, 0.717) is 17.9 Å². The van der Waals surface area contributed by atoms with E-state index >= 15 is 0 Å². The van der Waals surface area contributed by atoms with Gasteiger partial charge in [0.25, 0.3) is 11.7 Å². The van der Waals surface area contributed by atoms with E-state index in [4.69, 9.17) is 9.15 Å². The molecule has 0 aliphatic carbocycles. The number of carbonyl (C=O) groups is 2. The van der Waals surface area contributed by atoms with Crippen molar-refractivity contribution in [2.75, 3.05) is 39.4 Å². The zero-order valence-corrected chi connectivity index (χ0v) is 16.2. The SMILES string of the molecule is O=C1C(=O)N(CCC[NH+]2CCOCC2)[C@@H](c2ccco2)/C1=C(\O)c1ccccc1. The molecule has 2 fully saturated rings. The Labute approximate surface area is 169 Å². The molecule has 1 aromatic heterocycles. The maximum Gasteiger partial charge on any atom is 0.295 e. The second-order valence-electron chi connectivity index (χ2n) is 7.34. The fraction of sp³-hybridized carbons (Fsp3) is 0.364. The van der Waals surface area contributed by atoms with Gasteiger partial charge in [-0.15, -0.1) is 0 Å². The van der Waals surface area contributed by atoms with Gasteiger partial charge in [-0.1, -0.05) is 30.3 Å². The molecule has 3 heterocycles. The van der Waals surface area contributed by atoms with Crippen LogP contribution >= 0.6 is 0 Å². The minimum absolute atomic E-state index is 0.0786. The number of ketones is 1. The van der Waals surface area contributed by atoms with Gasteiger partial charge in [0.15, 0.2) is 0 Å². The lowest BCUT2D eigenvalue weighted by molar-refractivity contribution is -0.908. The number of nitrogens with zero attached hydrogens (tertiary/aromatic N) is 1. The first-order chi connectivity index (χ1) is 14.2. The Balaban J connectivity index is 1.60. The van der Waals surface area contributed by atoms with Crippen molar-refractivity contribution >= 4 is 17.4 Å². The molecule has 2 saturated heterocycles. The third-order valence-electron chi connectivity index (χ3n) is 5.53. The van der Waals surface area contributed by atoms with Crippen LogP contribution in [0.4, 0.5) is 0 Å². The molecular weight excluding hydrogens is 372 g/mol. The second-order valence-corrected chi connectivity index (χ2v) is 7.34. The van der Waals surface area contributed by atoms with Crippen molar-refractivity contribution in [3.8, 4) is 0 Å². The highest BCUT2D eigenvalue weighted by Gasteiger charge is 2.47. The maximum atomic E-state index is 12.8. The molecule has 2 N–H and O–H groups in total. The number of likely N-dealkylation sites (tertiary alicyclic amines) is 1. The van der Waals surface area contributed by atoms with Crippen LogP contribution in [0, 0.1) is 0 Å². The highest BCUT2D eigenvalue weighted by Crippen LogP contribution is 2.39. The Hall–Kier alpha value is -2.90. The van der Waals surface area contributed by atoms with Crippen molar-refractivity contribution in [2.24, 2.45) is 0 Å². The average molecular weight is 397 g/mol. The van der Waals surface area contributed by atoms with Gasteiger partial charge in [-0.05, 0) is 12.1 Å². The van der Waals surface area contributed by atoms with Crippen LogP contribution in [-0.4, -0.2) is 61.1 Å². The summed E-state index contributed by atoms with van der Waals surface area (Å²) in [4.78, 5) is 28.6. The van der Waals surface area contributed by atoms with E-state index in [2.05, 4.69) is 0 Å². The van der Waals surface area contributed by atoms with Gasteiger partial charge in [0.2, 0.25) is 0 Å². The summed E-state index contributed by atoms with van der Waals surface area (Å²) >= 11 is 0. The average Bonchev–Trinajstić information content (AvgIpc) is 3.37. The molecule has 1 aromatic carbocycles. The molecule has 0 bridgehead atoms. The van der Waals surface area contributed by atoms with Crippen LogP contribution in [-0.2, 0) is 14.3 Å². The molecule has 29 heavy (non-hydrogen) atoms. The lowest BCUT2D eigenvalue weighted by Gasteiger charge is -2.26. The summed E-state index contributed by atoms with van der Waals surface area (Å²) in [5.41, 5.74) is 0.578. The van der Waals surface area contributed by atoms with Crippen molar-refractivity contribution in [1.29, 1.82) is 0 Å². The number of aliphatic hydroxyl groups is 1. The number of furan rings is 1. The van der Waals surface area contributed by atoms with E-state index in [1.54, 1.807) is 36.4 Å². The number of Topliss-reactive ketones (excluding diaryl/α,β-unsaturated/α-hetero) is 1. The summed E-state index contributed by atoms with van der Waals surface area (Å²) < 4.78 is 10.9. The third kappa shape index (κ3) is 3.97. The number of ether oxygens (including phenoxy) is 1. The third-order valence-corrected chi connectivity index (χ3v) is 5.53. The van der Waals surface area contributed by atoms with Crippen molar-refractivity contribution in [2.45, 2.75) is 12.5 Å². The van der Waals surface area contributed by atoms with Crippen LogP contribution in [0.1, 0.15) is 23.8 Å². The lowest BCUT2D eigenvalue weighted by Crippen LogP contribution is -3.14. The van der Waals surface area contributed by atoms with Crippen LogP contribution in [0.2, 0.25) is 0 Å². The molecule has 2 aliphatic rings. The number of carbonyl (C=O) groups excluding carboxylic acids is 2. The van der Waals surface area contributed by atoms with Crippen LogP contribution in [0.5, 0.6) is 0 Å². The van der Waals surface area contributed by atoms with Gasteiger partial charge in [0, 0.05) is 18.5 Å². The normalized spacial score (nSPS) is 22.3. The Bertz CT molecular complexity index is 885. The molecule has 2 aliphatic heterocycles. The molecule has 0 saturated carbocycles. The Morgan fingerprint density at radius 3 is 2.55 bits per heavy atom. The van der Waals surface area contributed by atoms with E-state index < -0.39 is 17.7 Å². The number of nitrogens with one attached hydrogen (secondary N) is 1. The van der Waals surface area contributed by atoms with Crippen LogP contribution < -0.4 is 4.90 Å². The van der Waals surface area contributed by atoms with E-state index in [1.807, 2.05) is 6.07 Å². The number of benzene rings is 1. The second kappa shape index (κ2) is 8.63. The summed E-state index contributed by atoms with van der Waals surface area (Å²) in [6, 6.07) is 11.5. The first-order valence-electron chi connectivity index (χ1n) is 9.95. The van der Waals surface area contributed by atoms with Gasteiger partial charge in [0.05, 0.1) is 31.6 Å². The Morgan fingerprint density at radius 1 is 1.10 bits per heavy atom. The first kappa shape index (κ1) is 19.4. The van der Waals surface area contributed by atoms with Crippen molar-refractivity contribution in [3.05, 3.63) is 65.6 Å². The quantitative estimate of drug-likeness (QED) is 0.432. The fourth-order valence-electron chi connectivity index (χ4n) is 4.01. The molecule has 0 unspecified atom stereocenters. The minimum Gasteiger partial charge on any atom is -0.507 e. The molecule has 0 radical (unpaired) electrons. The van der Waals surface area contributed by atoms with Gasteiger partial charge in [-0.2, -0.15) is 0 Å². The Morgan fingerprint density at radius 2 is 1.86 bits per heavy atom. The number of hydrogen-bond donors (Lipinski definition) is 2. The summed E-state index contributed by atoms with van der Waals surface area (Å²) in [5.74, 6) is -0.973. The molecule has 152 valence electrons. The van der Waals surface area contributed by atoms with Crippen LogP contribution in [0.15, 0.2) is 58.7 Å². The Kier molecular flexibility index (Phi) is 5.78. The molecule has 4 rings (SSSR count).